The first kappa shape index (κ1) is 15.0. The Hall–Kier alpha value is -1.40. The Morgan fingerprint density at radius 3 is 3.05 bits per heavy atom. The largest absolute Gasteiger partial charge is 0.379 e. The predicted molar refractivity (Wildman–Crippen MR) is 76.8 cm³/mol. The third-order valence-corrected chi connectivity index (χ3v) is 3.42. The Bertz CT molecular complexity index is 413. The van der Waals surface area contributed by atoms with Gasteiger partial charge in [0, 0.05) is 25.3 Å². The number of nitrogens with one attached hydrogen (secondary N) is 2. The first-order valence-corrected chi connectivity index (χ1v) is 7.42. The van der Waals surface area contributed by atoms with Crippen LogP contribution in [-0.2, 0) is 11.2 Å². The topological polar surface area (TPSA) is 70.2 Å². The van der Waals surface area contributed by atoms with E-state index in [0.717, 1.165) is 57.8 Å². The number of aromatic nitrogens is 2. The molecule has 1 saturated heterocycles. The number of hydrogen-bond acceptors (Lipinski definition) is 4. The smallest absolute Gasteiger partial charge is 0.271 e. The van der Waals surface area contributed by atoms with Crippen molar-refractivity contribution < 1.29 is 9.53 Å². The van der Waals surface area contributed by atoms with Gasteiger partial charge in [0.05, 0.1) is 13.2 Å². The lowest BCUT2D eigenvalue weighted by atomic mass is 10.2. The molecule has 1 aliphatic rings. The summed E-state index contributed by atoms with van der Waals surface area (Å²) in [5.74, 6) is -0.0921. The Kier molecular flexibility index (Phi) is 6.01. The van der Waals surface area contributed by atoms with Crippen molar-refractivity contribution in [3.8, 4) is 0 Å². The molecule has 0 atom stereocenters. The van der Waals surface area contributed by atoms with Crippen LogP contribution >= 0.6 is 0 Å². The average Bonchev–Trinajstić information content (AvgIpc) is 2.94. The number of ether oxygens (including phenoxy) is 1. The van der Waals surface area contributed by atoms with E-state index >= 15 is 0 Å². The zero-order valence-corrected chi connectivity index (χ0v) is 12.2. The van der Waals surface area contributed by atoms with Gasteiger partial charge in [-0.25, -0.2) is 0 Å². The average molecular weight is 280 g/mol. The molecule has 20 heavy (non-hydrogen) atoms. The van der Waals surface area contributed by atoms with E-state index in [-0.39, 0.29) is 5.91 Å². The highest BCUT2D eigenvalue weighted by molar-refractivity contribution is 5.92. The third-order valence-electron chi connectivity index (χ3n) is 3.42. The summed E-state index contributed by atoms with van der Waals surface area (Å²) in [4.78, 5) is 14.3. The summed E-state index contributed by atoms with van der Waals surface area (Å²) in [6.07, 6.45) is 2.93. The molecule has 1 aromatic rings. The Morgan fingerprint density at radius 2 is 2.30 bits per heavy atom. The van der Waals surface area contributed by atoms with Crippen LogP contribution in [0.1, 0.15) is 35.9 Å². The number of morpholine rings is 1. The van der Waals surface area contributed by atoms with E-state index in [0.29, 0.717) is 12.2 Å². The molecule has 112 valence electrons. The first-order chi connectivity index (χ1) is 9.79. The highest BCUT2D eigenvalue weighted by Gasteiger charge is 2.11. The molecule has 1 amide bonds. The van der Waals surface area contributed by atoms with Crippen LogP contribution in [0.3, 0.4) is 0 Å². The Labute approximate surface area is 119 Å². The quantitative estimate of drug-likeness (QED) is 0.725. The second-order valence-corrected chi connectivity index (χ2v) is 5.09. The molecule has 2 heterocycles. The van der Waals surface area contributed by atoms with Gasteiger partial charge >= 0.3 is 0 Å². The fourth-order valence-electron chi connectivity index (χ4n) is 2.30. The zero-order chi connectivity index (χ0) is 14.2. The van der Waals surface area contributed by atoms with E-state index in [1.165, 1.54) is 0 Å². The van der Waals surface area contributed by atoms with Gasteiger partial charge in [-0.05, 0) is 25.5 Å². The van der Waals surface area contributed by atoms with Crippen LogP contribution in [0.5, 0.6) is 0 Å². The van der Waals surface area contributed by atoms with Gasteiger partial charge in [0.2, 0.25) is 0 Å². The highest BCUT2D eigenvalue weighted by Crippen LogP contribution is 2.02. The molecule has 0 spiro atoms. The summed E-state index contributed by atoms with van der Waals surface area (Å²) in [7, 11) is 0. The molecule has 0 unspecified atom stereocenters. The van der Waals surface area contributed by atoms with Crippen LogP contribution in [0, 0.1) is 0 Å². The van der Waals surface area contributed by atoms with Crippen LogP contribution < -0.4 is 5.32 Å². The minimum absolute atomic E-state index is 0.0921. The van der Waals surface area contributed by atoms with E-state index in [1.54, 1.807) is 0 Å². The van der Waals surface area contributed by atoms with Crippen LogP contribution in [-0.4, -0.2) is 60.4 Å². The second-order valence-electron chi connectivity index (χ2n) is 5.09. The van der Waals surface area contributed by atoms with E-state index in [9.17, 15) is 4.79 Å². The van der Waals surface area contributed by atoms with Crippen molar-refractivity contribution in [1.29, 1.82) is 0 Å². The van der Waals surface area contributed by atoms with Gasteiger partial charge in [0.15, 0.2) is 0 Å². The number of nitrogens with zero attached hydrogens (tertiary/aromatic N) is 2. The molecule has 0 saturated carbocycles. The summed E-state index contributed by atoms with van der Waals surface area (Å²) in [5.41, 5.74) is 1.51. The van der Waals surface area contributed by atoms with Crippen LogP contribution in [0.4, 0.5) is 0 Å². The zero-order valence-electron chi connectivity index (χ0n) is 12.2. The fourth-order valence-corrected chi connectivity index (χ4v) is 2.30. The molecule has 2 rings (SSSR count). The molecule has 6 nitrogen and oxygen atoms in total. The minimum Gasteiger partial charge on any atom is -0.379 e. The maximum Gasteiger partial charge on any atom is 0.271 e. The van der Waals surface area contributed by atoms with Crippen molar-refractivity contribution in [1.82, 2.24) is 20.4 Å². The van der Waals surface area contributed by atoms with Crippen molar-refractivity contribution in [3.63, 3.8) is 0 Å². The number of carbonyl (C=O) groups is 1. The van der Waals surface area contributed by atoms with Crippen molar-refractivity contribution in [2.75, 3.05) is 39.4 Å². The molecule has 0 radical (unpaired) electrons. The molecule has 1 aromatic heterocycles. The monoisotopic (exact) mass is 280 g/mol. The summed E-state index contributed by atoms with van der Waals surface area (Å²) >= 11 is 0. The van der Waals surface area contributed by atoms with Gasteiger partial charge in [-0.1, -0.05) is 13.3 Å². The summed E-state index contributed by atoms with van der Waals surface area (Å²) in [5, 5.41) is 9.85. The Morgan fingerprint density at radius 1 is 1.50 bits per heavy atom. The number of aromatic amines is 1. The first-order valence-electron chi connectivity index (χ1n) is 7.42. The lowest BCUT2D eigenvalue weighted by Gasteiger charge is -2.26. The van der Waals surface area contributed by atoms with Crippen LogP contribution in [0.2, 0.25) is 0 Å². The number of hydrogen-bond donors (Lipinski definition) is 2. The van der Waals surface area contributed by atoms with Crippen LogP contribution in [0.15, 0.2) is 6.07 Å². The molecule has 6 heteroatoms. The van der Waals surface area contributed by atoms with E-state index in [4.69, 9.17) is 4.74 Å². The standard InChI is InChI=1S/C14H24N4O2/c1-2-4-12-11-13(17-16-12)14(19)15-5-3-6-18-7-9-20-10-8-18/h11H,2-10H2,1H3,(H,15,19)(H,16,17). The van der Waals surface area contributed by atoms with Gasteiger partial charge in [0.25, 0.3) is 5.91 Å². The molecule has 1 fully saturated rings. The maximum absolute atomic E-state index is 11.9. The van der Waals surface area contributed by atoms with Gasteiger partial charge in [-0.3, -0.25) is 14.8 Å². The molecule has 0 aliphatic carbocycles. The fraction of sp³-hybridized carbons (Fsp3) is 0.714. The second kappa shape index (κ2) is 8.01. The number of carbonyl (C=O) groups excluding carboxylic acids is 1. The van der Waals surface area contributed by atoms with Gasteiger partial charge in [-0.2, -0.15) is 5.10 Å². The third kappa shape index (κ3) is 4.61. The number of aryl methyl sites for hydroxylation is 1. The van der Waals surface area contributed by atoms with Crippen molar-refractivity contribution in [3.05, 3.63) is 17.5 Å². The SMILES string of the molecule is CCCc1cc(C(=O)NCCCN2CCOCC2)n[nH]1. The normalized spacial score (nSPS) is 16.2. The van der Waals surface area contributed by atoms with Gasteiger partial charge < -0.3 is 10.1 Å². The number of rotatable bonds is 7. The molecular weight excluding hydrogens is 256 g/mol. The molecule has 1 aliphatic heterocycles. The molecule has 0 bridgehead atoms. The molecule has 2 N–H and O–H groups in total. The van der Waals surface area contributed by atoms with E-state index < -0.39 is 0 Å². The Balaban J connectivity index is 1.63. The lowest BCUT2D eigenvalue weighted by Crippen LogP contribution is -2.38. The summed E-state index contributed by atoms with van der Waals surface area (Å²) in [6, 6.07) is 1.83. The highest BCUT2D eigenvalue weighted by atomic mass is 16.5. The predicted octanol–water partition coefficient (Wildman–Crippen LogP) is 0.814. The summed E-state index contributed by atoms with van der Waals surface area (Å²) < 4.78 is 5.30. The van der Waals surface area contributed by atoms with Gasteiger partial charge in [0.1, 0.15) is 5.69 Å². The van der Waals surface area contributed by atoms with Crippen LogP contribution in [0.25, 0.3) is 0 Å². The van der Waals surface area contributed by atoms with Gasteiger partial charge in [-0.15, -0.1) is 0 Å². The molecular formula is C14H24N4O2. The van der Waals surface area contributed by atoms with Crippen molar-refractivity contribution in [2.24, 2.45) is 0 Å². The number of H-pyrrole nitrogens is 1. The van der Waals surface area contributed by atoms with Crippen molar-refractivity contribution >= 4 is 5.91 Å². The number of amides is 1. The summed E-state index contributed by atoms with van der Waals surface area (Å²) in [6.45, 7) is 7.42. The maximum atomic E-state index is 11.9. The van der Waals surface area contributed by atoms with Crippen molar-refractivity contribution in [2.45, 2.75) is 26.2 Å². The van der Waals surface area contributed by atoms with E-state index in [1.807, 2.05) is 6.07 Å². The molecule has 0 aromatic carbocycles. The van der Waals surface area contributed by atoms with E-state index in [2.05, 4.69) is 27.3 Å². The minimum atomic E-state index is -0.0921. The lowest BCUT2D eigenvalue weighted by molar-refractivity contribution is 0.0374.